The van der Waals surface area contributed by atoms with Crippen molar-refractivity contribution in [1.82, 2.24) is 0 Å². The van der Waals surface area contributed by atoms with Crippen molar-refractivity contribution in [3.63, 3.8) is 0 Å². The van der Waals surface area contributed by atoms with Crippen LogP contribution in [0.2, 0.25) is 0 Å². The van der Waals surface area contributed by atoms with E-state index in [2.05, 4.69) is 21.2 Å². The topological polar surface area (TPSA) is 75.7 Å². The number of methoxy groups -OCH3 is 1. The number of hydrogen-bond acceptors (Lipinski definition) is 4. The SMILES string of the molecule is COc1cccc(NC(=O)N2C(=O)C(=O)c3cc(Br)ccc32)c1. The molecule has 3 amide bonds. The van der Waals surface area contributed by atoms with Gasteiger partial charge < -0.3 is 10.1 Å². The summed E-state index contributed by atoms with van der Waals surface area (Å²) in [6, 6.07) is 10.7. The smallest absolute Gasteiger partial charge is 0.333 e. The summed E-state index contributed by atoms with van der Waals surface area (Å²) in [7, 11) is 1.51. The van der Waals surface area contributed by atoms with Crippen LogP contribution in [0, 0.1) is 0 Å². The van der Waals surface area contributed by atoms with Crippen molar-refractivity contribution in [2.75, 3.05) is 17.3 Å². The largest absolute Gasteiger partial charge is 0.497 e. The summed E-state index contributed by atoms with van der Waals surface area (Å²) in [4.78, 5) is 37.4. The van der Waals surface area contributed by atoms with Gasteiger partial charge in [-0.1, -0.05) is 22.0 Å². The number of carbonyl (C=O) groups excluding carboxylic acids is 3. The van der Waals surface area contributed by atoms with Crippen LogP contribution < -0.4 is 15.0 Å². The number of Topliss-reactive ketones (excluding diaryl/α,β-unsaturated/α-hetero) is 1. The number of imide groups is 1. The number of rotatable bonds is 2. The molecule has 1 heterocycles. The minimum absolute atomic E-state index is 0.199. The molecule has 3 rings (SSSR count). The molecule has 116 valence electrons. The van der Waals surface area contributed by atoms with Crippen molar-refractivity contribution < 1.29 is 19.1 Å². The molecule has 6 nitrogen and oxygen atoms in total. The number of urea groups is 1. The lowest BCUT2D eigenvalue weighted by Crippen LogP contribution is -2.39. The third-order valence-corrected chi connectivity index (χ3v) is 3.86. The molecule has 0 saturated heterocycles. The number of fused-ring (bicyclic) bond motifs is 1. The number of anilines is 2. The molecule has 2 aromatic carbocycles. The molecule has 0 saturated carbocycles. The molecule has 0 unspecified atom stereocenters. The highest BCUT2D eigenvalue weighted by Crippen LogP contribution is 2.32. The molecule has 1 aliphatic rings. The maximum absolute atomic E-state index is 12.4. The molecule has 0 radical (unpaired) electrons. The van der Waals surface area contributed by atoms with Crippen molar-refractivity contribution in [2.45, 2.75) is 0 Å². The van der Waals surface area contributed by atoms with Crippen molar-refractivity contribution >= 4 is 45.0 Å². The Hall–Kier alpha value is -2.67. The second-order valence-corrected chi connectivity index (χ2v) is 5.71. The van der Waals surface area contributed by atoms with Gasteiger partial charge >= 0.3 is 11.9 Å². The van der Waals surface area contributed by atoms with Gasteiger partial charge in [-0.25, -0.2) is 9.69 Å². The molecule has 0 aliphatic carbocycles. The normalized spacial score (nSPS) is 13.0. The number of nitrogens with one attached hydrogen (secondary N) is 1. The molecule has 0 spiro atoms. The minimum atomic E-state index is -0.876. The van der Waals surface area contributed by atoms with Crippen molar-refractivity contribution in [2.24, 2.45) is 0 Å². The van der Waals surface area contributed by atoms with Crippen molar-refractivity contribution in [1.29, 1.82) is 0 Å². The molecule has 0 fully saturated rings. The van der Waals surface area contributed by atoms with E-state index in [1.54, 1.807) is 36.4 Å². The second kappa shape index (κ2) is 5.85. The Morgan fingerprint density at radius 1 is 1.17 bits per heavy atom. The predicted octanol–water partition coefficient (Wildman–Crippen LogP) is 3.22. The number of ether oxygens (including phenoxy) is 1. The monoisotopic (exact) mass is 374 g/mol. The van der Waals surface area contributed by atoms with Gasteiger partial charge in [0.15, 0.2) is 0 Å². The summed E-state index contributed by atoms with van der Waals surface area (Å²) in [5, 5.41) is 2.59. The molecule has 2 aromatic rings. The van der Waals surface area contributed by atoms with E-state index in [-0.39, 0.29) is 11.3 Å². The fraction of sp³-hybridized carbons (Fsp3) is 0.0625. The molecule has 7 heteroatoms. The number of hydrogen-bond donors (Lipinski definition) is 1. The maximum atomic E-state index is 12.4. The fourth-order valence-electron chi connectivity index (χ4n) is 2.29. The summed E-state index contributed by atoms with van der Waals surface area (Å²) >= 11 is 3.24. The first-order valence-electron chi connectivity index (χ1n) is 6.64. The van der Waals surface area contributed by atoms with Gasteiger partial charge in [0, 0.05) is 16.2 Å². The average molecular weight is 375 g/mol. The summed E-state index contributed by atoms with van der Waals surface area (Å²) in [6.45, 7) is 0. The number of halogens is 1. The van der Waals surface area contributed by atoms with Crippen LogP contribution >= 0.6 is 15.9 Å². The Morgan fingerprint density at radius 3 is 2.70 bits per heavy atom. The van der Waals surface area contributed by atoms with Crippen LogP contribution in [0.5, 0.6) is 5.75 Å². The Kier molecular flexibility index (Phi) is 3.87. The number of carbonyl (C=O) groups is 3. The minimum Gasteiger partial charge on any atom is -0.497 e. The Balaban J connectivity index is 1.91. The fourth-order valence-corrected chi connectivity index (χ4v) is 2.65. The van der Waals surface area contributed by atoms with E-state index in [4.69, 9.17) is 4.74 Å². The van der Waals surface area contributed by atoms with Gasteiger partial charge in [-0.3, -0.25) is 9.59 Å². The number of amides is 3. The van der Waals surface area contributed by atoms with Gasteiger partial charge in [0.1, 0.15) is 5.75 Å². The molecule has 0 bridgehead atoms. The van der Waals surface area contributed by atoms with E-state index >= 15 is 0 Å². The van der Waals surface area contributed by atoms with E-state index in [1.807, 2.05) is 0 Å². The van der Waals surface area contributed by atoms with Crippen LogP contribution in [0.1, 0.15) is 10.4 Å². The zero-order chi connectivity index (χ0) is 16.6. The summed E-state index contributed by atoms with van der Waals surface area (Å²) in [6.07, 6.45) is 0. The van der Waals surface area contributed by atoms with E-state index in [0.717, 1.165) is 4.90 Å². The Morgan fingerprint density at radius 2 is 1.96 bits per heavy atom. The average Bonchev–Trinajstić information content (AvgIpc) is 2.79. The highest BCUT2D eigenvalue weighted by Gasteiger charge is 2.39. The zero-order valence-electron chi connectivity index (χ0n) is 12.0. The highest BCUT2D eigenvalue weighted by molar-refractivity contribution is 9.10. The first-order valence-corrected chi connectivity index (χ1v) is 7.44. The molecular formula is C16H11BrN2O4. The first kappa shape index (κ1) is 15.2. The van der Waals surface area contributed by atoms with Gasteiger partial charge in [-0.15, -0.1) is 0 Å². The van der Waals surface area contributed by atoms with Crippen LogP contribution in [0.25, 0.3) is 0 Å². The molecule has 23 heavy (non-hydrogen) atoms. The molecule has 1 N–H and O–H groups in total. The summed E-state index contributed by atoms with van der Waals surface area (Å²) in [5.41, 5.74) is 0.925. The third-order valence-electron chi connectivity index (χ3n) is 3.37. The third kappa shape index (κ3) is 2.70. The van der Waals surface area contributed by atoms with Crippen LogP contribution in [0.4, 0.5) is 16.2 Å². The number of nitrogens with zero attached hydrogens (tertiary/aromatic N) is 1. The van der Waals surface area contributed by atoms with E-state index in [0.29, 0.717) is 15.9 Å². The van der Waals surface area contributed by atoms with Crippen LogP contribution in [-0.2, 0) is 4.79 Å². The highest BCUT2D eigenvalue weighted by atomic mass is 79.9. The molecule has 1 aliphatic heterocycles. The van der Waals surface area contributed by atoms with Gasteiger partial charge in [0.2, 0.25) is 0 Å². The van der Waals surface area contributed by atoms with Gasteiger partial charge in [-0.05, 0) is 30.3 Å². The van der Waals surface area contributed by atoms with Crippen LogP contribution in [-0.4, -0.2) is 24.8 Å². The van der Waals surface area contributed by atoms with E-state index < -0.39 is 17.7 Å². The summed E-state index contributed by atoms with van der Waals surface area (Å²) in [5.74, 6) is -1.02. The predicted molar refractivity (Wildman–Crippen MR) is 88.0 cm³/mol. The van der Waals surface area contributed by atoms with E-state index in [1.165, 1.54) is 13.2 Å². The lowest BCUT2D eigenvalue weighted by Gasteiger charge is -2.16. The van der Waals surface area contributed by atoms with Gasteiger partial charge in [0.05, 0.1) is 18.4 Å². The Labute approximate surface area is 140 Å². The second-order valence-electron chi connectivity index (χ2n) is 4.79. The lowest BCUT2D eigenvalue weighted by atomic mass is 10.1. The molecular weight excluding hydrogens is 364 g/mol. The van der Waals surface area contributed by atoms with Gasteiger partial charge in [0.25, 0.3) is 5.78 Å². The van der Waals surface area contributed by atoms with Crippen LogP contribution in [0.15, 0.2) is 46.9 Å². The standard InChI is InChI=1S/C16H11BrN2O4/c1-23-11-4-2-3-10(8-11)18-16(22)19-13-6-5-9(17)7-12(13)14(20)15(19)21/h2-8H,1H3,(H,18,22). The van der Waals surface area contributed by atoms with E-state index in [9.17, 15) is 14.4 Å². The van der Waals surface area contributed by atoms with Gasteiger partial charge in [-0.2, -0.15) is 0 Å². The number of benzene rings is 2. The van der Waals surface area contributed by atoms with Crippen molar-refractivity contribution in [3.8, 4) is 5.75 Å². The lowest BCUT2D eigenvalue weighted by molar-refractivity contribution is -0.113. The zero-order valence-corrected chi connectivity index (χ0v) is 13.6. The van der Waals surface area contributed by atoms with Crippen LogP contribution in [0.3, 0.4) is 0 Å². The molecule has 0 atom stereocenters. The maximum Gasteiger partial charge on any atom is 0.333 e. The Bertz CT molecular complexity index is 835. The molecule has 0 aromatic heterocycles. The number of ketones is 1. The summed E-state index contributed by atoms with van der Waals surface area (Å²) < 4.78 is 5.74. The van der Waals surface area contributed by atoms with Crippen molar-refractivity contribution in [3.05, 3.63) is 52.5 Å². The quantitative estimate of drug-likeness (QED) is 0.818. The first-order chi connectivity index (χ1) is 11.0.